The summed E-state index contributed by atoms with van der Waals surface area (Å²) in [6.07, 6.45) is 7.60. The van der Waals surface area contributed by atoms with E-state index >= 15 is 0 Å². The smallest absolute Gasteiger partial charge is 0.0462 e. The van der Waals surface area contributed by atoms with Crippen molar-refractivity contribution >= 4 is 28.4 Å². The van der Waals surface area contributed by atoms with Crippen molar-refractivity contribution in [2.45, 2.75) is 58.4 Å². The van der Waals surface area contributed by atoms with Crippen LogP contribution in [0.2, 0.25) is 0 Å². The number of para-hydroxylation sites is 1. The van der Waals surface area contributed by atoms with Gasteiger partial charge in [0.2, 0.25) is 0 Å². The van der Waals surface area contributed by atoms with Crippen LogP contribution in [0.15, 0.2) is 127 Å². The van der Waals surface area contributed by atoms with Crippen molar-refractivity contribution < 1.29 is 0 Å². The number of rotatable bonds is 8. The molecule has 0 aliphatic heterocycles. The van der Waals surface area contributed by atoms with Crippen LogP contribution in [0, 0.1) is 6.92 Å². The lowest BCUT2D eigenvalue weighted by Gasteiger charge is -2.36. The molecule has 1 saturated carbocycles. The highest BCUT2D eigenvalue weighted by Gasteiger charge is 2.23. The van der Waals surface area contributed by atoms with Crippen LogP contribution in [0.3, 0.4) is 0 Å². The van der Waals surface area contributed by atoms with E-state index in [0.29, 0.717) is 6.04 Å². The summed E-state index contributed by atoms with van der Waals surface area (Å²) in [5, 5.41) is 0. The molecule has 0 unspecified atom stereocenters. The molecule has 0 bridgehead atoms. The molecule has 41 heavy (non-hydrogen) atoms. The van der Waals surface area contributed by atoms with Crippen molar-refractivity contribution in [3.05, 3.63) is 139 Å². The highest BCUT2D eigenvalue weighted by atomic mass is 15.2. The molecule has 0 amide bonds. The monoisotopic (exact) mass is 536 g/mol. The van der Waals surface area contributed by atoms with E-state index in [1.807, 2.05) is 0 Å². The SMILES string of the molecule is CCc1ccc(N(c2ccc(-c3ccc(N(c4ccccc4)c4ccc(C)cc4)cc3)cc2)C2CCCCC2)cc1. The normalized spacial score (nSPS) is 13.6. The van der Waals surface area contributed by atoms with Crippen molar-refractivity contribution in [2.24, 2.45) is 0 Å². The van der Waals surface area contributed by atoms with Gasteiger partial charge < -0.3 is 9.80 Å². The van der Waals surface area contributed by atoms with Crippen molar-refractivity contribution in [3.63, 3.8) is 0 Å². The Hall–Kier alpha value is -4.30. The molecule has 5 aromatic rings. The number of anilines is 5. The van der Waals surface area contributed by atoms with Gasteiger partial charge in [0.15, 0.2) is 0 Å². The second-order valence-electron chi connectivity index (χ2n) is 11.3. The minimum atomic E-state index is 0.562. The number of nitrogens with zero attached hydrogens (tertiary/aromatic N) is 2. The average molecular weight is 537 g/mol. The van der Waals surface area contributed by atoms with Gasteiger partial charge in [-0.15, -0.1) is 0 Å². The number of hydrogen-bond donors (Lipinski definition) is 0. The molecular formula is C39H40N2. The van der Waals surface area contributed by atoms with Gasteiger partial charge >= 0.3 is 0 Å². The fraction of sp³-hybridized carbons (Fsp3) is 0.231. The standard InChI is InChI=1S/C39H40N2/c1-3-31-16-24-37(25-17-31)41(35-12-8-5-9-13-35)39-28-20-33(21-29-39)32-18-26-38(27-19-32)40(34-10-6-4-7-11-34)36-22-14-30(2)15-23-36/h4,6-7,10-11,14-29,35H,3,5,8-9,12-13H2,1-2H3. The van der Waals surface area contributed by atoms with Gasteiger partial charge in [-0.3, -0.25) is 0 Å². The summed E-state index contributed by atoms with van der Waals surface area (Å²) >= 11 is 0. The molecular weight excluding hydrogens is 496 g/mol. The Morgan fingerprint density at radius 3 is 1.51 bits per heavy atom. The van der Waals surface area contributed by atoms with Crippen LogP contribution in [0.4, 0.5) is 28.4 Å². The Morgan fingerprint density at radius 2 is 0.976 bits per heavy atom. The van der Waals surface area contributed by atoms with Crippen molar-refractivity contribution in [2.75, 3.05) is 9.80 Å². The van der Waals surface area contributed by atoms with Crippen molar-refractivity contribution in [1.29, 1.82) is 0 Å². The molecule has 2 heteroatoms. The van der Waals surface area contributed by atoms with Crippen molar-refractivity contribution in [3.8, 4) is 11.1 Å². The zero-order chi connectivity index (χ0) is 28.0. The zero-order valence-corrected chi connectivity index (χ0v) is 24.3. The summed E-state index contributed by atoms with van der Waals surface area (Å²) in [7, 11) is 0. The largest absolute Gasteiger partial charge is 0.338 e. The Bertz CT molecular complexity index is 1510. The van der Waals surface area contributed by atoms with E-state index in [1.165, 1.54) is 65.7 Å². The highest BCUT2D eigenvalue weighted by Crippen LogP contribution is 2.38. The summed E-state index contributed by atoms with van der Waals surface area (Å²) in [5.41, 5.74) is 11.2. The topological polar surface area (TPSA) is 6.48 Å². The van der Waals surface area contributed by atoms with E-state index in [-0.39, 0.29) is 0 Å². The maximum absolute atomic E-state index is 2.59. The summed E-state index contributed by atoms with van der Waals surface area (Å²) < 4.78 is 0. The van der Waals surface area contributed by atoms with Crippen LogP contribution >= 0.6 is 0 Å². The predicted molar refractivity (Wildman–Crippen MR) is 176 cm³/mol. The molecule has 0 spiro atoms. The first-order valence-corrected chi connectivity index (χ1v) is 15.2. The van der Waals surface area contributed by atoms with Gasteiger partial charge in [0.25, 0.3) is 0 Å². The van der Waals surface area contributed by atoms with Gasteiger partial charge in [-0.1, -0.05) is 98.5 Å². The quantitative estimate of drug-likeness (QED) is 0.195. The molecule has 0 heterocycles. The molecule has 0 atom stereocenters. The highest BCUT2D eigenvalue weighted by molar-refractivity contribution is 5.79. The molecule has 1 fully saturated rings. The number of hydrogen-bond acceptors (Lipinski definition) is 2. The van der Waals surface area contributed by atoms with E-state index in [9.17, 15) is 0 Å². The molecule has 0 N–H and O–H groups in total. The second kappa shape index (κ2) is 12.5. The lowest BCUT2D eigenvalue weighted by molar-refractivity contribution is 0.436. The number of benzene rings is 5. The molecule has 0 saturated heterocycles. The van der Waals surface area contributed by atoms with E-state index < -0.39 is 0 Å². The predicted octanol–water partition coefficient (Wildman–Crippen LogP) is 11.2. The van der Waals surface area contributed by atoms with Gasteiger partial charge in [-0.2, -0.15) is 0 Å². The van der Waals surface area contributed by atoms with Crippen LogP contribution in [-0.4, -0.2) is 6.04 Å². The zero-order valence-electron chi connectivity index (χ0n) is 24.3. The maximum Gasteiger partial charge on any atom is 0.0462 e. The Balaban J connectivity index is 1.28. The lowest BCUT2D eigenvalue weighted by atomic mass is 9.93. The summed E-state index contributed by atoms with van der Waals surface area (Å²) in [6, 6.07) is 47.3. The molecule has 0 radical (unpaired) electrons. The fourth-order valence-corrected chi connectivity index (χ4v) is 6.14. The first-order valence-electron chi connectivity index (χ1n) is 15.2. The van der Waals surface area contributed by atoms with E-state index in [1.54, 1.807) is 0 Å². The molecule has 0 aromatic heterocycles. The van der Waals surface area contributed by atoms with Crippen molar-refractivity contribution in [1.82, 2.24) is 0 Å². The molecule has 1 aliphatic rings. The fourth-order valence-electron chi connectivity index (χ4n) is 6.14. The second-order valence-corrected chi connectivity index (χ2v) is 11.3. The molecule has 6 rings (SSSR count). The minimum Gasteiger partial charge on any atom is -0.338 e. The van der Waals surface area contributed by atoms with E-state index in [0.717, 1.165) is 23.5 Å². The maximum atomic E-state index is 2.59. The third kappa shape index (κ3) is 6.07. The molecule has 206 valence electrons. The Kier molecular flexibility index (Phi) is 8.18. The van der Waals surface area contributed by atoms with Gasteiger partial charge in [-0.05, 0) is 104 Å². The molecule has 1 aliphatic carbocycles. The molecule has 2 nitrogen and oxygen atoms in total. The van der Waals surface area contributed by atoms with Crippen LogP contribution < -0.4 is 9.80 Å². The van der Waals surface area contributed by atoms with Gasteiger partial charge in [0, 0.05) is 34.5 Å². The number of aryl methyl sites for hydroxylation is 2. The third-order valence-electron chi connectivity index (χ3n) is 8.47. The van der Waals surface area contributed by atoms with Crippen LogP contribution in [0.25, 0.3) is 11.1 Å². The summed E-state index contributed by atoms with van der Waals surface area (Å²) in [5.74, 6) is 0. The summed E-state index contributed by atoms with van der Waals surface area (Å²) in [6.45, 7) is 4.36. The summed E-state index contributed by atoms with van der Waals surface area (Å²) in [4.78, 5) is 4.91. The Labute approximate surface area is 245 Å². The van der Waals surface area contributed by atoms with Crippen LogP contribution in [0.5, 0.6) is 0 Å². The van der Waals surface area contributed by atoms with Crippen LogP contribution in [0.1, 0.15) is 50.2 Å². The van der Waals surface area contributed by atoms with Crippen LogP contribution in [-0.2, 0) is 6.42 Å². The minimum absolute atomic E-state index is 0.562. The first kappa shape index (κ1) is 26.9. The average Bonchev–Trinajstić information content (AvgIpc) is 3.04. The van der Waals surface area contributed by atoms with Gasteiger partial charge in [0.05, 0.1) is 0 Å². The van der Waals surface area contributed by atoms with Gasteiger partial charge in [-0.25, -0.2) is 0 Å². The lowest BCUT2D eigenvalue weighted by Crippen LogP contribution is -2.32. The van der Waals surface area contributed by atoms with E-state index in [4.69, 9.17) is 0 Å². The first-order chi connectivity index (χ1) is 20.2. The van der Waals surface area contributed by atoms with Gasteiger partial charge in [0.1, 0.15) is 0 Å². The molecule has 5 aromatic carbocycles. The van der Waals surface area contributed by atoms with E-state index in [2.05, 4.69) is 151 Å². The third-order valence-corrected chi connectivity index (χ3v) is 8.47. The Morgan fingerprint density at radius 1 is 0.512 bits per heavy atom.